The average molecular weight is 449 g/mol. The van der Waals surface area contributed by atoms with E-state index in [-0.39, 0.29) is 24.3 Å². The minimum absolute atomic E-state index is 0.156. The van der Waals surface area contributed by atoms with E-state index >= 15 is 0 Å². The van der Waals surface area contributed by atoms with Crippen molar-refractivity contribution in [3.05, 3.63) is 48.7 Å². The first-order valence-corrected chi connectivity index (χ1v) is 10.9. The van der Waals surface area contributed by atoms with Gasteiger partial charge in [-0.3, -0.25) is 9.48 Å². The van der Waals surface area contributed by atoms with E-state index in [1.54, 1.807) is 34.0 Å². The number of fused-ring (bicyclic) bond motifs is 1. The quantitative estimate of drug-likeness (QED) is 0.482. The summed E-state index contributed by atoms with van der Waals surface area (Å²) in [6.45, 7) is 1.76. The molecule has 10 nitrogen and oxygen atoms in total. The Morgan fingerprint density at radius 3 is 2.82 bits per heavy atom. The van der Waals surface area contributed by atoms with Crippen LogP contribution in [-0.4, -0.2) is 71.9 Å². The number of halogens is 1. The second kappa shape index (κ2) is 9.02. The maximum Gasteiger partial charge on any atom is 0.278 e. The Morgan fingerprint density at radius 1 is 1.21 bits per heavy atom. The fourth-order valence-electron chi connectivity index (χ4n) is 4.07. The molecule has 5 rings (SSSR count). The van der Waals surface area contributed by atoms with Gasteiger partial charge < -0.3 is 10.2 Å². The maximum atomic E-state index is 12.7. The number of alkyl halides is 1. The summed E-state index contributed by atoms with van der Waals surface area (Å²) in [6.07, 6.45) is 8.68. The molecule has 1 fully saturated rings. The van der Waals surface area contributed by atoms with Crippen LogP contribution in [0.4, 0.5) is 10.2 Å². The normalized spacial score (nSPS) is 15.2. The second-order valence-electron chi connectivity index (χ2n) is 8.16. The Bertz CT molecular complexity index is 1280. The van der Waals surface area contributed by atoms with E-state index in [9.17, 15) is 9.18 Å². The summed E-state index contributed by atoms with van der Waals surface area (Å²) in [5.74, 6) is 0.00352. The van der Waals surface area contributed by atoms with Gasteiger partial charge in [-0.1, -0.05) is 5.21 Å². The fraction of sp³-hybridized carbons (Fsp3) is 0.364. The van der Waals surface area contributed by atoms with Gasteiger partial charge in [-0.25, -0.2) is 19.0 Å². The highest BCUT2D eigenvalue weighted by molar-refractivity contribution is 6.02. The van der Waals surface area contributed by atoms with E-state index in [0.29, 0.717) is 17.9 Å². The van der Waals surface area contributed by atoms with Crippen molar-refractivity contribution >= 4 is 22.6 Å². The molecule has 33 heavy (non-hydrogen) atoms. The molecule has 4 aromatic heterocycles. The summed E-state index contributed by atoms with van der Waals surface area (Å²) in [7, 11) is 1.86. The van der Waals surface area contributed by atoms with Gasteiger partial charge in [-0.05, 0) is 25.0 Å². The maximum absolute atomic E-state index is 12.7. The lowest BCUT2D eigenvalue weighted by molar-refractivity contribution is 0.102. The summed E-state index contributed by atoms with van der Waals surface area (Å²) in [5, 5.41) is 16.0. The standard InChI is InChI=1S/C22H24FN9O/c1-30-13-16(12-25-30)18-3-2-15-11-24-21(10-19(15)26-18)27-22(33)20-14-32(29-28-20)17-4-7-31(8-5-17)9-6-23/h2-3,10-14,17H,4-9H2,1H3,(H,24,27,33). The van der Waals surface area contributed by atoms with Crippen LogP contribution in [0.5, 0.6) is 0 Å². The van der Waals surface area contributed by atoms with Crippen LogP contribution in [-0.2, 0) is 7.05 Å². The zero-order valence-electron chi connectivity index (χ0n) is 18.2. The summed E-state index contributed by atoms with van der Waals surface area (Å²) in [5.41, 5.74) is 2.64. The van der Waals surface area contributed by atoms with Crippen LogP contribution in [0.15, 0.2) is 43.0 Å². The predicted octanol–water partition coefficient (Wildman–Crippen LogP) is 2.48. The third kappa shape index (κ3) is 4.58. The number of amides is 1. The average Bonchev–Trinajstić information content (AvgIpc) is 3.49. The van der Waals surface area contributed by atoms with Crippen LogP contribution >= 0.6 is 0 Å². The largest absolute Gasteiger partial charge is 0.305 e. The van der Waals surface area contributed by atoms with Gasteiger partial charge in [-0.2, -0.15) is 5.10 Å². The van der Waals surface area contributed by atoms with E-state index in [4.69, 9.17) is 0 Å². The number of aromatic nitrogens is 7. The molecule has 0 atom stereocenters. The molecule has 0 unspecified atom stereocenters. The first-order valence-electron chi connectivity index (χ1n) is 10.9. The van der Waals surface area contributed by atoms with Crippen molar-refractivity contribution in [2.24, 2.45) is 7.05 Å². The highest BCUT2D eigenvalue weighted by atomic mass is 19.1. The molecule has 5 heterocycles. The fourth-order valence-corrected chi connectivity index (χ4v) is 4.07. The number of rotatable bonds is 6. The minimum atomic E-state index is -0.383. The van der Waals surface area contributed by atoms with Crippen molar-refractivity contribution in [2.75, 3.05) is 31.6 Å². The van der Waals surface area contributed by atoms with Crippen molar-refractivity contribution in [3.8, 4) is 11.3 Å². The van der Waals surface area contributed by atoms with Crippen LogP contribution in [0.1, 0.15) is 29.4 Å². The zero-order chi connectivity index (χ0) is 22.8. The molecule has 0 bridgehead atoms. The molecule has 170 valence electrons. The number of aryl methyl sites for hydroxylation is 1. The molecular formula is C22H24FN9O. The molecule has 1 N–H and O–H groups in total. The minimum Gasteiger partial charge on any atom is -0.305 e. The number of carbonyl (C=O) groups excluding carboxylic acids is 1. The van der Waals surface area contributed by atoms with Gasteiger partial charge in [0, 0.05) is 56.1 Å². The van der Waals surface area contributed by atoms with Gasteiger partial charge in [0.15, 0.2) is 5.69 Å². The molecule has 0 saturated carbocycles. The lowest BCUT2D eigenvalue weighted by Crippen LogP contribution is -2.36. The van der Waals surface area contributed by atoms with Gasteiger partial charge in [0.05, 0.1) is 29.6 Å². The zero-order valence-corrected chi connectivity index (χ0v) is 18.2. The van der Waals surface area contributed by atoms with Crippen LogP contribution in [0.2, 0.25) is 0 Å². The lowest BCUT2D eigenvalue weighted by atomic mass is 10.1. The Balaban J connectivity index is 1.28. The third-order valence-electron chi connectivity index (χ3n) is 5.89. The van der Waals surface area contributed by atoms with E-state index in [1.165, 1.54) is 0 Å². The van der Waals surface area contributed by atoms with Crippen molar-refractivity contribution < 1.29 is 9.18 Å². The molecule has 1 aliphatic rings. The van der Waals surface area contributed by atoms with Gasteiger partial charge in [-0.15, -0.1) is 5.10 Å². The predicted molar refractivity (Wildman–Crippen MR) is 120 cm³/mol. The monoisotopic (exact) mass is 449 g/mol. The molecule has 0 aliphatic carbocycles. The van der Waals surface area contributed by atoms with Gasteiger partial charge in [0.2, 0.25) is 0 Å². The molecule has 4 aromatic rings. The molecule has 0 radical (unpaired) electrons. The Hall–Kier alpha value is -3.73. The number of hydrogen-bond donors (Lipinski definition) is 1. The molecule has 0 aromatic carbocycles. The molecule has 1 aliphatic heterocycles. The van der Waals surface area contributed by atoms with Gasteiger partial charge in [0.1, 0.15) is 12.5 Å². The van der Waals surface area contributed by atoms with Gasteiger partial charge >= 0.3 is 0 Å². The summed E-state index contributed by atoms with van der Waals surface area (Å²) < 4.78 is 16.0. The van der Waals surface area contributed by atoms with Crippen LogP contribution < -0.4 is 5.32 Å². The SMILES string of the molecule is Cn1cc(-c2ccc3cnc(NC(=O)c4cn(C5CCN(CCF)CC5)nn4)cc3n2)cn1. The van der Waals surface area contributed by atoms with Crippen LogP contribution in [0, 0.1) is 0 Å². The lowest BCUT2D eigenvalue weighted by Gasteiger charge is -2.30. The Kier molecular flexibility index (Phi) is 5.78. The van der Waals surface area contributed by atoms with Crippen molar-refractivity contribution in [1.29, 1.82) is 0 Å². The van der Waals surface area contributed by atoms with E-state index in [1.807, 2.05) is 25.4 Å². The topological polar surface area (TPSA) is 107 Å². The molecule has 1 amide bonds. The smallest absolute Gasteiger partial charge is 0.278 e. The number of hydrogen-bond acceptors (Lipinski definition) is 7. The number of pyridine rings is 2. The summed E-state index contributed by atoms with van der Waals surface area (Å²) >= 11 is 0. The number of likely N-dealkylation sites (tertiary alicyclic amines) is 1. The molecular weight excluding hydrogens is 425 g/mol. The molecule has 0 spiro atoms. The van der Waals surface area contributed by atoms with Crippen molar-refractivity contribution in [2.45, 2.75) is 18.9 Å². The summed E-state index contributed by atoms with van der Waals surface area (Å²) in [4.78, 5) is 23.8. The first-order chi connectivity index (χ1) is 16.1. The highest BCUT2D eigenvalue weighted by Gasteiger charge is 2.22. The second-order valence-corrected chi connectivity index (χ2v) is 8.16. The number of carbonyl (C=O) groups is 1. The van der Waals surface area contributed by atoms with E-state index in [2.05, 4.69) is 35.6 Å². The summed E-state index contributed by atoms with van der Waals surface area (Å²) in [6, 6.07) is 5.75. The van der Waals surface area contributed by atoms with Gasteiger partial charge in [0.25, 0.3) is 5.91 Å². The third-order valence-corrected chi connectivity index (χ3v) is 5.89. The Labute approximate surface area is 189 Å². The van der Waals surface area contributed by atoms with Crippen LogP contribution in [0.3, 0.4) is 0 Å². The van der Waals surface area contributed by atoms with Crippen molar-refractivity contribution in [1.82, 2.24) is 39.6 Å². The number of piperidine rings is 1. The van der Waals surface area contributed by atoms with E-state index < -0.39 is 0 Å². The number of anilines is 1. The Morgan fingerprint density at radius 2 is 2.06 bits per heavy atom. The number of nitrogens with zero attached hydrogens (tertiary/aromatic N) is 8. The molecule has 1 saturated heterocycles. The highest BCUT2D eigenvalue weighted by Crippen LogP contribution is 2.23. The van der Waals surface area contributed by atoms with Crippen molar-refractivity contribution in [3.63, 3.8) is 0 Å². The van der Waals surface area contributed by atoms with E-state index in [0.717, 1.165) is 42.6 Å². The number of nitrogens with one attached hydrogen (secondary N) is 1. The molecule has 11 heteroatoms. The first kappa shape index (κ1) is 21.1. The van der Waals surface area contributed by atoms with Crippen LogP contribution in [0.25, 0.3) is 22.2 Å².